The molecule has 0 radical (unpaired) electrons. The van der Waals surface area contributed by atoms with E-state index in [-0.39, 0.29) is 11.7 Å². The van der Waals surface area contributed by atoms with Gasteiger partial charge in [0.2, 0.25) is 0 Å². The minimum Gasteiger partial charge on any atom is -0.349 e. The van der Waals surface area contributed by atoms with Gasteiger partial charge in [-0.2, -0.15) is 0 Å². The van der Waals surface area contributed by atoms with Crippen LogP contribution in [0.25, 0.3) is 0 Å². The Bertz CT molecular complexity index is 815. The first-order valence-corrected chi connectivity index (χ1v) is 9.72. The largest absolute Gasteiger partial charge is 0.349 e. The van der Waals surface area contributed by atoms with Crippen LogP contribution < -0.4 is 5.32 Å². The van der Waals surface area contributed by atoms with Crippen molar-refractivity contribution in [2.45, 2.75) is 19.8 Å². The number of nitrogens with zero attached hydrogens (tertiary/aromatic N) is 1. The summed E-state index contributed by atoms with van der Waals surface area (Å²) in [7, 11) is 0. The number of hydrogen-bond donors (Lipinski definition) is 1. The first-order chi connectivity index (χ1) is 12.4. The van der Waals surface area contributed by atoms with Crippen LogP contribution in [-0.2, 0) is 0 Å². The van der Waals surface area contributed by atoms with E-state index in [2.05, 4.69) is 10.2 Å². The number of likely N-dealkylation sites (tertiary alicyclic amines) is 1. The summed E-state index contributed by atoms with van der Waals surface area (Å²) in [4.78, 5) is 14.7. The number of piperidine rings is 1. The maximum atomic E-state index is 12.7. The van der Waals surface area contributed by atoms with Crippen molar-refractivity contribution in [2.24, 2.45) is 5.92 Å². The molecular formula is C20H20Cl2N2OS. The molecule has 0 aliphatic carbocycles. The fourth-order valence-corrected chi connectivity index (χ4v) is 3.83. The smallest absolute Gasteiger partial charge is 0.173 e. The molecule has 2 aromatic rings. The van der Waals surface area contributed by atoms with Gasteiger partial charge in [0.25, 0.3) is 0 Å². The number of nitrogens with one attached hydrogen (secondary N) is 1. The third kappa shape index (κ3) is 4.56. The van der Waals surface area contributed by atoms with Crippen LogP contribution in [-0.4, -0.2) is 28.9 Å². The lowest BCUT2D eigenvalue weighted by Gasteiger charge is -2.33. The average Bonchev–Trinajstić information content (AvgIpc) is 2.64. The zero-order valence-corrected chi connectivity index (χ0v) is 16.8. The van der Waals surface area contributed by atoms with Gasteiger partial charge in [-0.25, -0.2) is 0 Å². The van der Waals surface area contributed by atoms with E-state index in [1.807, 2.05) is 37.3 Å². The zero-order valence-electron chi connectivity index (χ0n) is 14.5. The molecule has 3 rings (SSSR count). The summed E-state index contributed by atoms with van der Waals surface area (Å²) in [6, 6.07) is 13.1. The van der Waals surface area contributed by atoms with Gasteiger partial charge in [0, 0.05) is 29.6 Å². The van der Waals surface area contributed by atoms with E-state index in [1.165, 1.54) is 0 Å². The summed E-state index contributed by atoms with van der Waals surface area (Å²) in [5, 5.41) is 4.91. The number of ketones is 1. The van der Waals surface area contributed by atoms with Crippen LogP contribution in [0.1, 0.15) is 28.8 Å². The number of halogens is 2. The van der Waals surface area contributed by atoms with Crippen molar-refractivity contribution in [2.75, 3.05) is 18.4 Å². The van der Waals surface area contributed by atoms with Crippen LogP contribution in [0.4, 0.5) is 5.69 Å². The molecular weight excluding hydrogens is 387 g/mol. The van der Waals surface area contributed by atoms with E-state index < -0.39 is 0 Å². The van der Waals surface area contributed by atoms with Crippen LogP contribution in [0, 0.1) is 12.8 Å². The van der Waals surface area contributed by atoms with E-state index in [4.69, 9.17) is 35.4 Å². The Morgan fingerprint density at radius 3 is 2.38 bits per heavy atom. The molecule has 0 spiro atoms. The van der Waals surface area contributed by atoms with Crippen LogP contribution in [0.3, 0.4) is 0 Å². The predicted octanol–water partition coefficient (Wildman–Crippen LogP) is 5.59. The Labute approximate surface area is 169 Å². The molecule has 1 heterocycles. The summed E-state index contributed by atoms with van der Waals surface area (Å²) in [6.07, 6.45) is 1.59. The number of hydrogen-bond acceptors (Lipinski definition) is 2. The minimum absolute atomic E-state index is 0.0517. The molecule has 1 saturated heterocycles. The number of anilines is 1. The monoisotopic (exact) mass is 406 g/mol. The average molecular weight is 407 g/mol. The van der Waals surface area contributed by atoms with E-state index in [0.717, 1.165) is 42.7 Å². The Kier molecular flexibility index (Phi) is 6.17. The Hall–Kier alpha value is -1.62. The van der Waals surface area contributed by atoms with Gasteiger partial charge in [-0.3, -0.25) is 4.79 Å². The molecule has 1 N–H and O–H groups in total. The second kappa shape index (κ2) is 8.38. The quantitative estimate of drug-likeness (QED) is 0.531. The summed E-state index contributed by atoms with van der Waals surface area (Å²) < 4.78 is 0. The molecule has 1 aliphatic heterocycles. The van der Waals surface area contributed by atoms with Gasteiger partial charge in [-0.05, 0) is 50.2 Å². The molecule has 0 unspecified atom stereocenters. The highest BCUT2D eigenvalue weighted by Crippen LogP contribution is 2.27. The van der Waals surface area contributed by atoms with Gasteiger partial charge in [0.05, 0.1) is 10.7 Å². The Morgan fingerprint density at radius 2 is 1.77 bits per heavy atom. The van der Waals surface area contributed by atoms with Crippen molar-refractivity contribution in [3.63, 3.8) is 0 Å². The highest BCUT2D eigenvalue weighted by Gasteiger charge is 2.27. The molecule has 1 fully saturated rings. The molecule has 3 nitrogen and oxygen atoms in total. The van der Waals surface area contributed by atoms with Gasteiger partial charge >= 0.3 is 0 Å². The Balaban J connectivity index is 1.56. The van der Waals surface area contributed by atoms with Crippen molar-refractivity contribution in [3.05, 3.63) is 63.6 Å². The number of rotatable bonds is 3. The topological polar surface area (TPSA) is 32.3 Å². The molecule has 0 atom stereocenters. The van der Waals surface area contributed by atoms with Crippen LogP contribution in [0.2, 0.25) is 10.0 Å². The third-order valence-electron chi connectivity index (χ3n) is 4.66. The molecule has 0 aromatic heterocycles. The molecule has 26 heavy (non-hydrogen) atoms. The number of carbonyl (C=O) groups is 1. The second-order valence-electron chi connectivity index (χ2n) is 6.55. The molecule has 136 valence electrons. The number of aryl methyl sites for hydroxylation is 1. The van der Waals surface area contributed by atoms with Gasteiger partial charge in [0.1, 0.15) is 0 Å². The van der Waals surface area contributed by atoms with Gasteiger partial charge in [-0.15, -0.1) is 0 Å². The van der Waals surface area contributed by atoms with Crippen molar-refractivity contribution in [1.29, 1.82) is 0 Å². The van der Waals surface area contributed by atoms with Crippen molar-refractivity contribution < 1.29 is 4.79 Å². The van der Waals surface area contributed by atoms with Gasteiger partial charge in [0.15, 0.2) is 10.9 Å². The number of benzene rings is 2. The lowest BCUT2D eigenvalue weighted by Crippen LogP contribution is -2.42. The zero-order chi connectivity index (χ0) is 18.7. The fraction of sp³-hybridized carbons (Fsp3) is 0.300. The summed E-state index contributed by atoms with van der Waals surface area (Å²) in [5.41, 5.74) is 2.69. The van der Waals surface area contributed by atoms with E-state index >= 15 is 0 Å². The number of thiocarbonyl (C=S) groups is 1. The minimum atomic E-state index is 0.0517. The summed E-state index contributed by atoms with van der Waals surface area (Å²) in [6.45, 7) is 3.52. The lowest BCUT2D eigenvalue weighted by atomic mass is 9.89. The van der Waals surface area contributed by atoms with Crippen molar-refractivity contribution in [1.82, 2.24) is 4.90 Å². The van der Waals surface area contributed by atoms with Crippen LogP contribution >= 0.6 is 35.4 Å². The van der Waals surface area contributed by atoms with E-state index in [0.29, 0.717) is 15.2 Å². The van der Waals surface area contributed by atoms with Crippen LogP contribution in [0.15, 0.2) is 42.5 Å². The summed E-state index contributed by atoms with van der Waals surface area (Å²) >= 11 is 17.6. The maximum absolute atomic E-state index is 12.7. The number of Topliss-reactive ketones (excluding diaryl/α,β-unsaturated/α-hetero) is 1. The first kappa shape index (κ1) is 19.2. The molecule has 6 heteroatoms. The van der Waals surface area contributed by atoms with Crippen molar-refractivity contribution in [3.8, 4) is 0 Å². The molecule has 0 bridgehead atoms. The molecule has 0 saturated carbocycles. The second-order valence-corrected chi connectivity index (χ2v) is 7.78. The SMILES string of the molecule is Cc1ccc(C(=O)C2CCN(C(=S)Nc3ccc(Cl)cc3Cl)CC2)cc1. The highest BCUT2D eigenvalue weighted by atomic mass is 35.5. The van der Waals surface area contributed by atoms with E-state index in [1.54, 1.807) is 12.1 Å². The first-order valence-electron chi connectivity index (χ1n) is 8.56. The fourth-order valence-electron chi connectivity index (χ4n) is 3.08. The van der Waals surface area contributed by atoms with Crippen LogP contribution in [0.5, 0.6) is 0 Å². The lowest BCUT2D eigenvalue weighted by molar-refractivity contribution is 0.0873. The predicted molar refractivity (Wildman–Crippen MR) is 112 cm³/mol. The highest BCUT2D eigenvalue weighted by molar-refractivity contribution is 7.80. The van der Waals surface area contributed by atoms with Crippen molar-refractivity contribution >= 4 is 52.0 Å². The molecule has 2 aromatic carbocycles. The standard InChI is InChI=1S/C20H20Cl2N2OS/c1-13-2-4-14(5-3-13)19(25)15-8-10-24(11-9-15)20(26)23-18-7-6-16(21)12-17(18)22/h2-7,12,15H,8-11H2,1H3,(H,23,26). The summed E-state index contributed by atoms with van der Waals surface area (Å²) in [5.74, 6) is 0.278. The van der Waals surface area contributed by atoms with E-state index in [9.17, 15) is 4.79 Å². The van der Waals surface area contributed by atoms with Gasteiger partial charge in [-0.1, -0.05) is 53.0 Å². The Morgan fingerprint density at radius 1 is 1.12 bits per heavy atom. The normalized spacial score (nSPS) is 15.0. The molecule has 0 amide bonds. The number of carbonyl (C=O) groups excluding carboxylic acids is 1. The third-order valence-corrected chi connectivity index (χ3v) is 5.57. The molecule has 1 aliphatic rings. The maximum Gasteiger partial charge on any atom is 0.173 e. The van der Waals surface area contributed by atoms with Gasteiger partial charge < -0.3 is 10.2 Å².